The highest BCUT2D eigenvalue weighted by atomic mass is 79.9. The van der Waals surface area contributed by atoms with Crippen molar-refractivity contribution in [2.24, 2.45) is 0 Å². The van der Waals surface area contributed by atoms with E-state index in [2.05, 4.69) is 27.3 Å². The van der Waals surface area contributed by atoms with Gasteiger partial charge in [0, 0.05) is 22.3 Å². The van der Waals surface area contributed by atoms with E-state index in [0.29, 0.717) is 18.5 Å². The van der Waals surface area contributed by atoms with Crippen molar-refractivity contribution in [3.63, 3.8) is 0 Å². The Labute approximate surface area is 120 Å². The molecule has 0 bridgehead atoms. The van der Waals surface area contributed by atoms with Crippen molar-refractivity contribution in [1.82, 2.24) is 0 Å². The van der Waals surface area contributed by atoms with Gasteiger partial charge in [-0.05, 0) is 35.9 Å². The predicted molar refractivity (Wildman–Crippen MR) is 77.2 cm³/mol. The van der Waals surface area contributed by atoms with E-state index in [1.807, 2.05) is 24.3 Å². The first-order valence-corrected chi connectivity index (χ1v) is 6.62. The number of hydrogen-bond acceptors (Lipinski definition) is 2. The summed E-state index contributed by atoms with van der Waals surface area (Å²) < 4.78 is 14.4. The zero-order valence-corrected chi connectivity index (χ0v) is 11.7. The highest BCUT2D eigenvalue weighted by Crippen LogP contribution is 2.17. The molecule has 2 nitrogen and oxygen atoms in total. The summed E-state index contributed by atoms with van der Waals surface area (Å²) in [6.45, 7) is 0.420. The third-order valence-electron chi connectivity index (χ3n) is 2.73. The van der Waals surface area contributed by atoms with Crippen molar-refractivity contribution in [3.8, 4) is 6.07 Å². The van der Waals surface area contributed by atoms with Crippen molar-refractivity contribution in [2.45, 2.75) is 13.0 Å². The molecule has 0 saturated carbocycles. The predicted octanol–water partition coefficient (Wildman–Crippen LogP) is 4.27. The fourth-order valence-corrected chi connectivity index (χ4v) is 2.12. The van der Waals surface area contributed by atoms with Gasteiger partial charge in [-0.3, -0.25) is 0 Å². The summed E-state index contributed by atoms with van der Waals surface area (Å²) in [6, 6.07) is 14.5. The van der Waals surface area contributed by atoms with Crippen LogP contribution in [0.25, 0.3) is 0 Å². The van der Waals surface area contributed by atoms with E-state index in [1.165, 1.54) is 6.07 Å². The van der Waals surface area contributed by atoms with Gasteiger partial charge in [-0.2, -0.15) is 5.26 Å². The number of anilines is 1. The molecule has 0 aliphatic heterocycles. The fourth-order valence-electron chi connectivity index (χ4n) is 1.71. The van der Waals surface area contributed by atoms with Gasteiger partial charge >= 0.3 is 0 Å². The second-order valence-electron chi connectivity index (χ2n) is 4.12. The first-order valence-electron chi connectivity index (χ1n) is 5.83. The lowest BCUT2D eigenvalue weighted by Crippen LogP contribution is -2.01. The zero-order valence-electron chi connectivity index (χ0n) is 10.2. The van der Waals surface area contributed by atoms with Crippen LogP contribution >= 0.6 is 15.9 Å². The molecule has 19 heavy (non-hydrogen) atoms. The Morgan fingerprint density at radius 1 is 1.16 bits per heavy atom. The van der Waals surface area contributed by atoms with Crippen LogP contribution in [0.3, 0.4) is 0 Å². The van der Waals surface area contributed by atoms with Crippen LogP contribution in [0.2, 0.25) is 0 Å². The summed E-state index contributed by atoms with van der Waals surface area (Å²) >= 11 is 3.32. The molecular formula is C15H12BrFN2. The highest BCUT2D eigenvalue weighted by molar-refractivity contribution is 9.10. The van der Waals surface area contributed by atoms with Gasteiger partial charge in [0.2, 0.25) is 0 Å². The minimum Gasteiger partial charge on any atom is -0.381 e. The molecule has 96 valence electrons. The van der Waals surface area contributed by atoms with Crippen LogP contribution in [0.5, 0.6) is 0 Å². The maximum Gasteiger partial charge on any atom is 0.128 e. The summed E-state index contributed by atoms with van der Waals surface area (Å²) in [5.74, 6) is -0.225. The van der Waals surface area contributed by atoms with E-state index in [9.17, 15) is 4.39 Å². The Bertz CT molecular complexity index is 603. The first kappa shape index (κ1) is 13.6. The number of halogens is 2. The lowest BCUT2D eigenvalue weighted by Gasteiger charge is -2.08. The van der Waals surface area contributed by atoms with Crippen LogP contribution in [0, 0.1) is 17.1 Å². The molecule has 0 saturated heterocycles. The maximum absolute atomic E-state index is 13.5. The lowest BCUT2D eigenvalue weighted by molar-refractivity contribution is 0.612. The standard InChI is InChI=1S/C15H12BrFN2/c16-13-3-6-15(17)12(9-13)10-19-14-4-1-11(2-5-14)7-8-18/h1-6,9,19H,7,10H2. The van der Waals surface area contributed by atoms with Crippen LogP contribution in [-0.4, -0.2) is 0 Å². The molecular weight excluding hydrogens is 307 g/mol. The first-order chi connectivity index (χ1) is 9.19. The second kappa shape index (κ2) is 6.35. The van der Waals surface area contributed by atoms with E-state index >= 15 is 0 Å². The SMILES string of the molecule is N#CCc1ccc(NCc2cc(Br)ccc2F)cc1. The summed E-state index contributed by atoms with van der Waals surface area (Å²) in [4.78, 5) is 0. The van der Waals surface area contributed by atoms with Crippen LogP contribution in [0.1, 0.15) is 11.1 Å². The molecule has 4 heteroatoms. The molecule has 2 aromatic carbocycles. The molecule has 0 aliphatic rings. The molecule has 0 amide bonds. The Balaban J connectivity index is 2.02. The number of nitrogens with zero attached hydrogens (tertiary/aromatic N) is 1. The second-order valence-corrected chi connectivity index (χ2v) is 5.04. The number of benzene rings is 2. The number of nitrogens with one attached hydrogen (secondary N) is 1. The average molecular weight is 319 g/mol. The van der Waals surface area contributed by atoms with Gasteiger partial charge in [0.1, 0.15) is 5.82 Å². The van der Waals surface area contributed by atoms with E-state index in [4.69, 9.17) is 5.26 Å². The van der Waals surface area contributed by atoms with Crippen molar-refractivity contribution >= 4 is 21.6 Å². The molecule has 2 rings (SSSR count). The van der Waals surface area contributed by atoms with Gasteiger partial charge in [0.05, 0.1) is 12.5 Å². The van der Waals surface area contributed by atoms with Gasteiger partial charge in [0.25, 0.3) is 0 Å². The zero-order chi connectivity index (χ0) is 13.7. The van der Waals surface area contributed by atoms with Crippen molar-refractivity contribution in [3.05, 3.63) is 63.9 Å². The number of hydrogen-bond donors (Lipinski definition) is 1. The quantitative estimate of drug-likeness (QED) is 0.914. The molecule has 2 aromatic rings. The molecule has 0 fully saturated rings. The summed E-state index contributed by atoms with van der Waals surface area (Å²) in [6.07, 6.45) is 0.403. The van der Waals surface area contributed by atoms with E-state index in [0.717, 1.165) is 15.7 Å². The minimum absolute atomic E-state index is 0.225. The Morgan fingerprint density at radius 3 is 2.58 bits per heavy atom. The number of rotatable bonds is 4. The fraction of sp³-hybridized carbons (Fsp3) is 0.133. The van der Waals surface area contributed by atoms with E-state index < -0.39 is 0 Å². The maximum atomic E-state index is 13.5. The topological polar surface area (TPSA) is 35.8 Å². The van der Waals surface area contributed by atoms with E-state index in [1.54, 1.807) is 12.1 Å². The van der Waals surface area contributed by atoms with Gasteiger partial charge in [0.15, 0.2) is 0 Å². The summed E-state index contributed by atoms with van der Waals surface area (Å²) in [5, 5.41) is 11.7. The molecule has 0 unspecified atom stereocenters. The molecule has 0 aliphatic carbocycles. The van der Waals surface area contributed by atoms with Gasteiger partial charge in [-0.15, -0.1) is 0 Å². The average Bonchev–Trinajstić information content (AvgIpc) is 2.42. The largest absolute Gasteiger partial charge is 0.381 e. The summed E-state index contributed by atoms with van der Waals surface area (Å²) in [5.41, 5.74) is 2.48. The normalized spacial score (nSPS) is 9.95. The van der Waals surface area contributed by atoms with E-state index in [-0.39, 0.29) is 5.82 Å². The molecule has 1 N–H and O–H groups in total. The van der Waals surface area contributed by atoms with Crippen LogP contribution in [0.15, 0.2) is 46.9 Å². The van der Waals surface area contributed by atoms with Gasteiger partial charge < -0.3 is 5.32 Å². The Hall–Kier alpha value is -1.86. The smallest absolute Gasteiger partial charge is 0.128 e. The summed E-state index contributed by atoms with van der Waals surface area (Å²) in [7, 11) is 0. The molecule has 0 aromatic heterocycles. The molecule has 0 heterocycles. The Morgan fingerprint density at radius 2 is 1.89 bits per heavy atom. The van der Waals surface area contributed by atoms with Crippen LogP contribution < -0.4 is 5.32 Å². The van der Waals surface area contributed by atoms with Crippen molar-refractivity contribution in [2.75, 3.05) is 5.32 Å². The molecule has 0 radical (unpaired) electrons. The molecule has 0 atom stereocenters. The van der Waals surface area contributed by atoms with Crippen molar-refractivity contribution < 1.29 is 4.39 Å². The number of nitriles is 1. The van der Waals surface area contributed by atoms with Gasteiger partial charge in [-0.25, -0.2) is 4.39 Å². The van der Waals surface area contributed by atoms with Crippen LogP contribution in [0.4, 0.5) is 10.1 Å². The Kier molecular flexibility index (Phi) is 4.53. The highest BCUT2D eigenvalue weighted by Gasteiger charge is 2.02. The van der Waals surface area contributed by atoms with Gasteiger partial charge in [-0.1, -0.05) is 28.1 Å². The van der Waals surface area contributed by atoms with Crippen LogP contribution in [-0.2, 0) is 13.0 Å². The molecule has 0 spiro atoms. The third-order valence-corrected chi connectivity index (χ3v) is 3.22. The third kappa shape index (κ3) is 3.80. The monoisotopic (exact) mass is 318 g/mol. The minimum atomic E-state index is -0.225. The van der Waals surface area contributed by atoms with Crippen molar-refractivity contribution in [1.29, 1.82) is 5.26 Å². The lowest BCUT2D eigenvalue weighted by atomic mass is 10.1.